The number of fused-ring (bicyclic) bond motifs is 1. The first-order valence-electron chi connectivity index (χ1n) is 8.31. The molecule has 4 nitrogen and oxygen atoms in total. The van der Waals surface area contributed by atoms with E-state index in [0.29, 0.717) is 6.61 Å². The van der Waals surface area contributed by atoms with Crippen LogP contribution in [-0.2, 0) is 6.54 Å². The molecular formula is C20H19N3OS. The zero-order valence-electron chi connectivity index (χ0n) is 14.0. The second-order valence-electron chi connectivity index (χ2n) is 5.72. The van der Waals surface area contributed by atoms with Crippen LogP contribution in [-0.4, -0.2) is 16.6 Å². The Morgan fingerprint density at radius 1 is 1.16 bits per heavy atom. The van der Waals surface area contributed by atoms with E-state index in [1.807, 2.05) is 43.5 Å². The lowest BCUT2D eigenvalue weighted by molar-refractivity contribution is 0.341. The Morgan fingerprint density at radius 3 is 2.88 bits per heavy atom. The summed E-state index contributed by atoms with van der Waals surface area (Å²) in [6.45, 7) is 3.43. The summed E-state index contributed by atoms with van der Waals surface area (Å²) in [5, 5.41) is 7.54. The standard InChI is InChI=1S/C20H19N3OS/c1-2-24-15-8-9-18-16(10-15)17(12-21-18)19-13-25-20(23-19)22-11-14-6-4-3-5-7-14/h3-10,12-13,21H,2,11H2,1H3,(H,22,23). The van der Waals surface area contributed by atoms with Gasteiger partial charge >= 0.3 is 0 Å². The molecule has 0 fully saturated rings. The minimum Gasteiger partial charge on any atom is -0.494 e. The average Bonchev–Trinajstić information content (AvgIpc) is 3.27. The molecule has 5 heteroatoms. The molecule has 0 amide bonds. The van der Waals surface area contributed by atoms with Crippen molar-refractivity contribution in [2.45, 2.75) is 13.5 Å². The quantitative estimate of drug-likeness (QED) is 0.496. The molecule has 0 unspecified atom stereocenters. The van der Waals surface area contributed by atoms with E-state index in [0.717, 1.165) is 39.6 Å². The number of aromatic amines is 1. The van der Waals surface area contributed by atoms with E-state index in [-0.39, 0.29) is 0 Å². The van der Waals surface area contributed by atoms with Crippen LogP contribution < -0.4 is 10.1 Å². The molecule has 126 valence electrons. The summed E-state index contributed by atoms with van der Waals surface area (Å²) in [4.78, 5) is 8.05. The van der Waals surface area contributed by atoms with Crippen LogP contribution in [0.15, 0.2) is 60.1 Å². The number of rotatable bonds is 6. The Kier molecular flexibility index (Phi) is 4.39. The van der Waals surface area contributed by atoms with Crippen molar-refractivity contribution in [3.8, 4) is 17.0 Å². The molecule has 4 rings (SSSR count). The maximum absolute atomic E-state index is 5.62. The van der Waals surface area contributed by atoms with Gasteiger partial charge in [0.25, 0.3) is 0 Å². The highest BCUT2D eigenvalue weighted by atomic mass is 32.1. The molecule has 0 saturated carbocycles. The highest BCUT2D eigenvalue weighted by Crippen LogP contribution is 2.33. The lowest BCUT2D eigenvalue weighted by Crippen LogP contribution is -1.98. The monoisotopic (exact) mass is 349 g/mol. The number of benzene rings is 2. The SMILES string of the molecule is CCOc1ccc2[nH]cc(-c3csc(NCc4ccccc4)n3)c2c1. The van der Waals surface area contributed by atoms with Crippen molar-refractivity contribution in [3.63, 3.8) is 0 Å². The fourth-order valence-electron chi connectivity index (χ4n) is 2.82. The summed E-state index contributed by atoms with van der Waals surface area (Å²) >= 11 is 1.62. The topological polar surface area (TPSA) is 49.9 Å². The van der Waals surface area contributed by atoms with Gasteiger partial charge in [-0.1, -0.05) is 30.3 Å². The number of nitrogens with zero attached hydrogens (tertiary/aromatic N) is 1. The maximum Gasteiger partial charge on any atom is 0.183 e. The van der Waals surface area contributed by atoms with E-state index in [1.165, 1.54) is 5.56 Å². The van der Waals surface area contributed by atoms with Crippen LogP contribution in [0.25, 0.3) is 22.2 Å². The van der Waals surface area contributed by atoms with Crippen molar-refractivity contribution in [2.75, 3.05) is 11.9 Å². The summed E-state index contributed by atoms with van der Waals surface area (Å²) in [5.41, 5.74) is 4.40. The van der Waals surface area contributed by atoms with Gasteiger partial charge in [-0.3, -0.25) is 0 Å². The first kappa shape index (κ1) is 15.7. The molecule has 2 aromatic heterocycles. The van der Waals surface area contributed by atoms with E-state index in [1.54, 1.807) is 11.3 Å². The van der Waals surface area contributed by atoms with Crippen LogP contribution in [0, 0.1) is 0 Å². The zero-order valence-corrected chi connectivity index (χ0v) is 14.8. The van der Waals surface area contributed by atoms with E-state index in [9.17, 15) is 0 Å². The smallest absolute Gasteiger partial charge is 0.183 e. The van der Waals surface area contributed by atoms with Gasteiger partial charge in [-0.05, 0) is 30.7 Å². The van der Waals surface area contributed by atoms with Crippen molar-refractivity contribution in [2.24, 2.45) is 0 Å². The Hall–Kier alpha value is -2.79. The van der Waals surface area contributed by atoms with E-state index >= 15 is 0 Å². The van der Waals surface area contributed by atoms with Gasteiger partial charge in [0.05, 0.1) is 12.3 Å². The Balaban J connectivity index is 1.57. The summed E-state index contributed by atoms with van der Waals surface area (Å²) in [6.07, 6.45) is 2.01. The molecule has 4 aromatic rings. The highest BCUT2D eigenvalue weighted by Gasteiger charge is 2.11. The Bertz CT molecular complexity index is 975. The number of hydrogen-bond donors (Lipinski definition) is 2. The summed E-state index contributed by atoms with van der Waals surface area (Å²) in [6, 6.07) is 16.4. The Labute approximate surface area is 150 Å². The molecular weight excluding hydrogens is 330 g/mol. The number of H-pyrrole nitrogens is 1. The van der Waals surface area contributed by atoms with Gasteiger partial charge in [0, 0.05) is 34.6 Å². The highest BCUT2D eigenvalue weighted by molar-refractivity contribution is 7.14. The van der Waals surface area contributed by atoms with Gasteiger partial charge in [0.2, 0.25) is 0 Å². The minimum atomic E-state index is 0.662. The normalized spacial score (nSPS) is 10.9. The van der Waals surface area contributed by atoms with Crippen LogP contribution in [0.1, 0.15) is 12.5 Å². The van der Waals surface area contributed by atoms with Crippen LogP contribution >= 0.6 is 11.3 Å². The van der Waals surface area contributed by atoms with E-state index in [4.69, 9.17) is 9.72 Å². The molecule has 0 radical (unpaired) electrons. The van der Waals surface area contributed by atoms with Crippen LogP contribution in [0.2, 0.25) is 0 Å². The number of thiazole rings is 1. The van der Waals surface area contributed by atoms with E-state index in [2.05, 4.69) is 33.9 Å². The molecule has 0 aliphatic carbocycles. The Morgan fingerprint density at radius 2 is 2.04 bits per heavy atom. The average molecular weight is 349 g/mol. The molecule has 0 atom stereocenters. The zero-order chi connectivity index (χ0) is 17.1. The molecule has 2 heterocycles. The number of ether oxygens (including phenoxy) is 1. The summed E-state index contributed by atoms with van der Waals surface area (Å²) in [5.74, 6) is 0.883. The largest absolute Gasteiger partial charge is 0.494 e. The molecule has 0 spiro atoms. The van der Waals surface area contributed by atoms with Crippen molar-refractivity contribution in [1.29, 1.82) is 0 Å². The number of hydrogen-bond acceptors (Lipinski definition) is 4. The van der Waals surface area contributed by atoms with Gasteiger partial charge in [0.1, 0.15) is 5.75 Å². The fourth-order valence-corrected chi connectivity index (χ4v) is 3.53. The summed E-state index contributed by atoms with van der Waals surface area (Å²) in [7, 11) is 0. The van der Waals surface area contributed by atoms with Crippen LogP contribution in [0.3, 0.4) is 0 Å². The summed E-state index contributed by atoms with van der Waals surface area (Å²) < 4.78 is 5.62. The molecule has 0 bridgehead atoms. The first-order chi connectivity index (χ1) is 12.3. The number of aromatic nitrogens is 2. The first-order valence-corrected chi connectivity index (χ1v) is 9.19. The van der Waals surface area contributed by atoms with Gasteiger partial charge in [-0.15, -0.1) is 11.3 Å². The van der Waals surface area contributed by atoms with Gasteiger partial charge in [-0.25, -0.2) is 4.98 Å². The lowest BCUT2D eigenvalue weighted by atomic mass is 10.1. The molecule has 25 heavy (non-hydrogen) atoms. The maximum atomic E-state index is 5.62. The van der Waals surface area contributed by atoms with Crippen molar-refractivity contribution in [3.05, 3.63) is 65.7 Å². The molecule has 0 aliphatic heterocycles. The molecule has 2 N–H and O–H groups in total. The molecule has 2 aromatic carbocycles. The molecule has 0 aliphatic rings. The molecule has 0 saturated heterocycles. The predicted molar refractivity (Wildman–Crippen MR) is 104 cm³/mol. The number of anilines is 1. The second-order valence-corrected chi connectivity index (χ2v) is 6.58. The van der Waals surface area contributed by atoms with Crippen LogP contribution in [0.5, 0.6) is 5.75 Å². The van der Waals surface area contributed by atoms with Crippen molar-refractivity contribution < 1.29 is 4.74 Å². The predicted octanol–water partition coefficient (Wildman–Crippen LogP) is 5.30. The number of nitrogens with one attached hydrogen (secondary N) is 2. The van der Waals surface area contributed by atoms with Gasteiger partial charge in [-0.2, -0.15) is 0 Å². The fraction of sp³-hybridized carbons (Fsp3) is 0.150. The van der Waals surface area contributed by atoms with Crippen molar-refractivity contribution in [1.82, 2.24) is 9.97 Å². The second kappa shape index (κ2) is 6.99. The van der Waals surface area contributed by atoms with Gasteiger partial charge in [0.15, 0.2) is 5.13 Å². The van der Waals surface area contributed by atoms with Crippen molar-refractivity contribution >= 4 is 27.4 Å². The van der Waals surface area contributed by atoms with Crippen LogP contribution in [0.4, 0.5) is 5.13 Å². The lowest BCUT2D eigenvalue weighted by Gasteiger charge is -2.03. The van der Waals surface area contributed by atoms with Gasteiger partial charge < -0.3 is 15.0 Å². The third-order valence-corrected chi connectivity index (χ3v) is 4.83. The third kappa shape index (κ3) is 3.37. The minimum absolute atomic E-state index is 0.662. The third-order valence-electron chi connectivity index (χ3n) is 4.03. The van der Waals surface area contributed by atoms with E-state index < -0.39 is 0 Å².